The van der Waals surface area contributed by atoms with Gasteiger partial charge >= 0.3 is 5.97 Å². The topological polar surface area (TPSA) is 104 Å². The van der Waals surface area contributed by atoms with Gasteiger partial charge < -0.3 is 20.0 Å². The normalized spacial score (nSPS) is 14.7. The summed E-state index contributed by atoms with van der Waals surface area (Å²) in [5.41, 5.74) is 2.63. The molecule has 0 spiro atoms. The first kappa shape index (κ1) is 14.8. The molecule has 1 amide bonds. The first-order chi connectivity index (χ1) is 11.0. The van der Waals surface area contributed by atoms with E-state index < -0.39 is 5.97 Å². The molecule has 2 aromatic rings. The molecule has 0 aromatic carbocycles. The summed E-state index contributed by atoms with van der Waals surface area (Å²) in [6.45, 7) is 3.79. The van der Waals surface area contributed by atoms with E-state index in [9.17, 15) is 14.4 Å². The van der Waals surface area contributed by atoms with Crippen molar-refractivity contribution in [3.8, 4) is 0 Å². The van der Waals surface area contributed by atoms with Crippen LogP contribution in [0.2, 0.25) is 0 Å². The third-order valence-corrected chi connectivity index (χ3v) is 3.47. The molecule has 1 aliphatic heterocycles. The number of pyridine rings is 1. The SMILES string of the molecule is CCOC(=O)c1cc(C)[nH]c1/C=C1\C(=O)Nc2c[nH]c(=O)cc21. The minimum Gasteiger partial charge on any atom is -0.462 e. The maximum Gasteiger partial charge on any atom is 0.340 e. The second kappa shape index (κ2) is 5.60. The van der Waals surface area contributed by atoms with Crippen LogP contribution < -0.4 is 10.9 Å². The Balaban J connectivity index is 2.10. The lowest BCUT2D eigenvalue weighted by molar-refractivity contribution is -0.110. The van der Waals surface area contributed by atoms with E-state index in [1.165, 1.54) is 12.3 Å². The number of ether oxygens (including phenoxy) is 1. The van der Waals surface area contributed by atoms with Crippen LogP contribution in [0.3, 0.4) is 0 Å². The number of hydrogen-bond donors (Lipinski definition) is 3. The Bertz CT molecular complexity index is 889. The molecule has 7 nitrogen and oxygen atoms in total. The number of anilines is 1. The molecule has 1 aliphatic rings. The van der Waals surface area contributed by atoms with Gasteiger partial charge in [0.2, 0.25) is 5.56 Å². The molecule has 2 aromatic heterocycles. The minimum atomic E-state index is -0.465. The quantitative estimate of drug-likeness (QED) is 0.592. The van der Waals surface area contributed by atoms with Gasteiger partial charge in [-0.25, -0.2) is 4.79 Å². The molecule has 0 bridgehead atoms. The molecule has 0 radical (unpaired) electrons. The van der Waals surface area contributed by atoms with Crippen LogP contribution >= 0.6 is 0 Å². The average Bonchev–Trinajstić information content (AvgIpc) is 3.01. The number of aromatic amines is 2. The van der Waals surface area contributed by atoms with E-state index in [2.05, 4.69) is 15.3 Å². The monoisotopic (exact) mass is 313 g/mol. The Kier molecular flexibility index (Phi) is 3.61. The van der Waals surface area contributed by atoms with Crippen LogP contribution in [0.25, 0.3) is 11.6 Å². The molecular formula is C16H15N3O4. The molecule has 0 saturated heterocycles. The van der Waals surface area contributed by atoms with Gasteiger partial charge in [0.25, 0.3) is 5.91 Å². The van der Waals surface area contributed by atoms with Gasteiger partial charge in [0.15, 0.2) is 0 Å². The summed E-state index contributed by atoms with van der Waals surface area (Å²) in [5, 5.41) is 2.67. The molecule has 0 atom stereocenters. The van der Waals surface area contributed by atoms with Crippen molar-refractivity contribution in [1.29, 1.82) is 0 Å². The van der Waals surface area contributed by atoms with E-state index >= 15 is 0 Å². The number of carbonyl (C=O) groups excluding carboxylic acids is 2. The Morgan fingerprint density at radius 1 is 1.30 bits per heavy atom. The molecular weight excluding hydrogens is 298 g/mol. The van der Waals surface area contributed by atoms with Crippen molar-refractivity contribution < 1.29 is 14.3 Å². The van der Waals surface area contributed by atoms with Crippen LogP contribution in [0.4, 0.5) is 5.69 Å². The average molecular weight is 313 g/mol. The third-order valence-electron chi connectivity index (χ3n) is 3.47. The van der Waals surface area contributed by atoms with Crippen LogP contribution in [-0.2, 0) is 9.53 Å². The summed E-state index contributed by atoms with van der Waals surface area (Å²) in [6.07, 6.45) is 3.00. The molecule has 0 saturated carbocycles. The van der Waals surface area contributed by atoms with Crippen LogP contribution in [0, 0.1) is 6.92 Å². The predicted molar refractivity (Wildman–Crippen MR) is 85.0 cm³/mol. The van der Waals surface area contributed by atoms with Crippen molar-refractivity contribution in [3.05, 3.63) is 51.2 Å². The van der Waals surface area contributed by atoms with Crippen molar-refractivity contribution in [2.45, 2.75) is 13.8 Å². The predicted octanol–water partition coefficient (Wildman–Crippen LogP) is 1.68. The van der Waals surface area contributed by atoms with Gasteiger partial charge in [-0.3, -0.25) is 9.59 Å². The third kappa shape index (κ3) is 2.68. The Morgan fingerprint density at radius 2 is 2.09 bits per heavy atom. The lowest BCUT2D eigenvalue weighted by Crippen LogP contribution is -2.06. The smallest absolute Gasteiger partial charge is 0.340 e. The van der Waals surface area contributed by atoms with E-state index in [-0.39, 0.29) is 18.1 Å². The second-order valence-electron chi connectivity index (χ2n) is 5.14. The number of hydrogen-bond acceptors (Lipinski definition) is 4. The van der Waals surface area contributed by atoms with Crippen LogP contribution in [0.1, 0.15) is 34.2 Å². The Labute approximate surface area is 131 Å². The highest BCUT2D eigenvalue weighted by Crippen LogP contribution is 2.31. The summed E-state index contributed by atoms with van der Waals surface area (Å²) in [6, 6.07) is 3.01. The molecule has 118 valence electrons. The molecule has 23 heavy (non-hydrogen) atoms. The highest BCUT2D eigenvalue weighted by Gasteiger charge is 2.26. The van der Waals surface area contributed by atoms with Crippen molar-refractivity contribution in [2.24, 2.45) is 0 Å². The van der Waals surface area contributed by atoms with Crippen LogP contribution in [-0.4, -0.2) is 28.5 Å². The van der Waals surface area contributed by atoms with Gasteiger partial charge in [0, 0.05) is 23.5 Å². The number of esters is 1. The summed E-state index contributed by atoms with van der Waals surface area (Å²) in [4.78, 5) is 41.2. The van der Waals surface area contributed by atoms with Crippen molar-refractivity contribution in [1.82, 2.24) is 9.97 Å². The second-order valence-corrected chi connectivity index (χ2v) is 5.14. The molecule has 3 rings (SSSR count). The van der Waals surface area contributed by atoms with Gasteiger partial charge in [0.1, 0.15) is 0 Å². The van der Waals surface area contributed by atoms with Crippen molar-refractivity contribution in [2.75, 3.05) is 11.9 Å². The van der Waals surface area contributed by atoms with Gasteiger partial charge in [-0.15, -0.1) is 0 Å². The molecule has 7 heteroatoms. The van der Waals surface area contributed by atoms with Gasteiger partial charge in [-0.2, -0.15) is 0 Å². The van der Waals surface area contributed by atoms with Crippen LogP contribution in [0.15, 0.2) is 23.1 Å². The van der Waals surface area contributed by atoms with Gasteiger partial charge in [-0.1, -0.05) is 0 Å². The number of nitrogens with one attached hydrogen (secondary N) is 3. The lowest BCUT2D eigenvalue weighted by Gasteiger charge is -2.01. The fraction of sp³-hybridized carbons (Fsp3) is 0.188. The van der Waals surface area contributed by atoms with E-state index in [0.29, 0.717) is 28.1 Å². The number of carbonyl (C=O) groups is 2. The molecule has 3 heterocycles. The van der Waals surface area contributed by atoms with E-state index in [4.69, 9.17) is 4.74 Å². The zero-order valence-electron chi connectivity index (χ0n) is 12.6. The zero-order valence-corrected chi connectivity index (χ0v) is 12.6. The zero-order chi connectivity index (χ0) is 16.6. The number of rotatable bonds is 3. The van der Waals surface area contributed by atoms with Gasteiger partial charge in [0.05, 0.1) is 29.1 Å². The van der Waals surface area contributed by atoms with Crippen LogP contribution in [0.5, 0.6) is 0 Å². The summed E-state index contributed by atoms with van der Waals surface area (Å²) < 4.78 is 5.02. The Hall–Kier alpha value is -3.09. The van der Waals surface area contributed by atoms with Gasteiger partial charge in [-0.05, 0) is 26.0 Å². The van der Waals surface area contributed by atoms with E-state index in [1.807, 2.05) is 0 Å². The summed E-state index contributed by atoms with van der Waals surface area (Å²) in [7, 11) is 0. The first-order valence-corrected chi connectivity index (χ1v) is 7.12. The molecule has 0 aliphatic carbocycles. The van der Waals surface area contributed by atoms with E-state index in [0.717, 1.165) is 5.69 Å². The highest BCUT2D eigenvalue weighted by atomic mass is 16.5. The highest BCUT2D eigenvalue weighted by molar-refractivity contribution is 6.35. The number of H-pyrrole nitrogens is 2. The number of aryl methyl sites for hydroxylation is 1. The van der Waals surface area contributed by atoms with Crippen molar-refractivity contribution >= 4 is 29.2 Å². The first-order valence-electron chi connectivity index (χ1n) is 7.12. The number of fused-ring (bicyclic) bond motifs is 1. The Morgan fingerprint density at radius 3 is 2.83 bits per heavy atom. The number of amides is 1. The molecule has 3 N–H and O–H groups in total. The number of aromatic nitrogens is 2. The maximum atomic E-state index is 12.1. The molecule has 0 unspecified atom stereocenters. The fourth-order valence-electron chi connectivity index (χ4n) is 2.50. The fourth-order valence-corrected chi connectivity index (χ4v) is 2.50. The standard InChI is InChI=1S/C16H15N3O4/c1-3-23-16(22)11-4-8(2)18-12(11)5-10-9-6-14(20)17-7-13(9)19-15(10)21/h4-7,18H,3H2,1-2H3,(H,17,20)(H,19,21)/b10-5-. The minimum absolute atomic E-state index is 0.262. The summed E-state index contributed by atoms with van der Waals surface area (Å²) >= 11 is 0. The lowest BCUT2D eigenvalue weighted by atomic mass is 10.1. The summed E-state index contributed by atoms with van der Waals surface area (Å²) in [5.74, 6) is -0.797. The molecule has 0 fully saturated rings. The van der Waals surface area contributed by atoms with E-state index in [1.54, 1.807) is 26.0 Å². The van der Waals surface area contributed by atoms with Crippen molar-refractivity contribution in [3.63, 3.8) is 0 Å². The largest absolute Gasteiger partial charge is 0.462 e. The maximum absolute atomic E-state index is 12.1.